The second-order valence-electron chi connectivity index (χ2n) is 7.16. The third-order valence-electron chi connectivity index (χ3n) is 3.37. The fourth-order valence-corrected chi connectivity index (χ4v) is 2.35. The molecule has 0 aromatic rings. The molecule has 1 saturated heterocycles. The lowest BCUT2D eigenvalue weighted by Gasteiger charge is -2.43. The van der Waals surface area contributed by atoms with E-state index in [1.54, 1.807) is 20.8 Å². The quantitative estimate of drug-likeness (QED) is 0.791. The number of carboxylic acid groups (broad SMARTS) is 1. The topological polar surface area (TPSA) is 66.8 Å². The highest BCUT2D eigenvalue weighted by molar-refractivity contribution is 5.88. The Morgan fingerprint density at radius 2 is 1.90 bits per heavy atom. The summed E-state index contributed by atoms with van der Waals surface area (Å²) in [5.74, 6) is -1.07. The average Bonchev–Trinajstić information content (AvgIpc) is 2.24. The number of ether oxygens (including phenoxy) is 1. The molecule has 0 saturated carbocycles. The van der Waals surface area contributed by atoms with Crippen molar-refractivity contribution in [3.63, 3.8) is 0 Å². The Hall–Kier alpha value is -1.52. The number of amides is 1. The normalized spacial score (nSPS) is 22.2. The number of carbonyl (C=O) groups excluding carboxylic acids is 1. The molecule has 1 aliphatic rings. The van der Waals surface area contributed by atoms with Crippen LogP contribution in [0.3, 0.4) is 0 Å². The number of carboxylic acids is 1. The first-order chi connectivity index (χ1) is 8.93. The minimum Gasteiger partial charge on any atom is -0.478 e. The highest BCUT2D eigenvalue weighted by Gasteiger charge is 2.40. The predicted molar refractivity (Wildman–Crippen MR) is 76.5 cm³/mol. The second kappa shape index (κ2) is 5.46. The Morgan fingerprint density at radius 3 is 2.35 bits per heavy atom. The van der Waals surface area contributed by atoms with E-state index >= 15 is 0 Å². The summed E-state index contributed by atoms with van der Waals surface area (Å²) in [6.45, 7) is 13.6. The number of piperidine rings is 1. The van der Waals surface area contributed by atoms with E-state index in [4.69, 9.17) is 9.84 Å². The van der Waals surface area contributed by atoms with Crippen LogP contribution in [0, 0.1) is 5.41 Å². The number of likely N-dealkylation sites (tertiary alicyclic amines) is 1. The van der Waals surface area contributed by atoms with E-state index < -0.39 is 23.7 Å². The van der Waals surface area contributed by atoms with Crippen molar-refractivity contribution in [3.8, 4) is 0 Å². The van der Waals surface area contributed by atoms with Crippen molar-refractivity contribution < 1.29 is 19.4 Å². The standard InChI is InChI=1S/C15H25NO4/c1-10(12(17)18)11-7-8-15(5,6)9-16(11)13(19)20-14(2,3)4/h11H,1,7-9H2,2-6H3,(H,17,18). The van der Waals surface area contributed by atoms with Gasteiger partial charge in [0.25, 0.3) is 0 Å². The summed E-state index contributed by atoms with van der Waals surface area (Å²) >= 11 is 0. The maximum atomic E-state index is 12.3. The summed E-state index contributed by atoms with van der Waals surface area (Å²) in [4.78, 5) is 24.9. The van der Waals surface area contributed by atoms with Crippen molar-refractivity contribution in [3.05, 3.63) is 12.2 Å². The summed E-state index contributed by atoms with van der Waals surface area (Å²) in [5, 5.41) is 9.12. The zero-order chi connectivity index (χ0) is 15.7. The molecule has 0 bridgehead atoms. The third kappa shape index (κ3) is 4.25. The Balaban J connectivity index is 2.96. The van der Waals surface area contributed by atoms with Gasteiger partial charge in [0.05, 0.1) is 11.6 Å². The molecule has 5 heteroatoms. The van der Waals surface area contributed by atoms with Crippen molar-refractivity contribution in [1.82, 2.24) is 4.90 Å². The summed E-state index contributed by atoms with van der Waals surface area (Å²) < 4.78 is 5.38. The monoisotopic (exact) mass is 283 g/mol. The molecule has 0 spiro atoms. The fraction of sp³-hybridized carbons (Fsp3) is 0.733. The maximum absolute atomic E-state index is 12.3. The van der Waals surface area contributed by atoms with Gasteiger partial charge in [0, 0.05) is 6.54 Å². The van der Waals surface area contributed by atoms with Crippen LogP contribution in [-0.4, -0.2) is 40.3 Å². The Labute approximate surface area is 120 Å². The Bertz CT molecular complexity index is 420. The molecule has 1 atom stereocenters. The number of hydrogen-bond acceptors (Lipinski definition) is 3. The van der Waals surface area contributed by atoms with Crippen LogP contribution in [0.2, 0.25) is 0 Å². The van der Waals surface area contributed by atoms with Crippen LogP contribution < -0.4 is 0 Å². The van der Waals surface area contributed by atoms with Crippen LogP contribution in [0.25, 0.3) is 0 Å². The highest BCUT2D eigenvalue weighted by atomic mass is 16.6. The zero-order valence-electron chi connectivity index (χ0n) is 13.0. The smallest absolute Gasteiger partial charge is 0.410 e. The van der Waals surface area contributed by atoms with Crippen molar-refractivity contribution >= 4 is 12.1 Å². The first kappa shape index (κ1) is 16.5. The third-order valence-corrected chi connectivity index (χ3v) is 3.37. The lowest BCUT2D eigenvalue weighted by Crippen LogP contribution is -2.52. The molecule has 1 fully saturated rings. The Kier molecular flexibility index (Phi) is 4.52. The lowest BCUT2D eigenvalue weighted by atomic mass is 9.80. The molecule has 0 aromatic carbocycles. The molecule has 1 heterocycles. The average molecular weight is 283 g/mol. The minimum atomic E-state index is -1.07. The van der Waals surface area contributed by atoms with Gasteiger partial charge in [-0.1, -0.05) is 20.4 Å². The molecule has 20 heavy (non-hydrogen) atoms. The molecular weight excluding hydrogens is 258 g/mol. The largest absolute Gasteiger partial charge is 0.478 e. The van der Waals surface area contributed by atoms with Crippen molar-refractivity contribution in [2.75, 3.05) is 6.54 Å². The number of nitrogens with zero attached hydrogens (tertiary/aromatic N) is 1. The molecule has 0 radical (unpaired) electrons. The first-order valence-corrected chi connectivity index (χ1v) is 6.85. The zero-order valence-corrected chi connectivity index (χ0v) is 13.0. The molecule has 1 unspecified atom stereocenters. The van der Waals surface area contributed by atoms with Crippen LogP contribution in [0.4, 0.5) is 4.79 Å². The van der Waals surface area contributed by atoms with Crippen LogP contribution in [-0.2, 0) is 9.53 Å². The van der Waals surface area contributed by atoms with Gasteiger partial charge in [0.15, 0.2) is 0 Å². The van der Waals surface area contributed by atoms with Crippen LogP contribution in [0.5, 0.6) is 0 Å². The molecule has 1 aliphatic heterocycles. The van der Waals surface area contributed by atoms with E-state index in [9.17, 15) is 9.59 Å². The Morgan fingerprint density at radius 1 is 1.35 bits per heavy atom. The van der Waals surface area contributed by atoms with Crippen molar-refractivity contribution in [1.29, 1.82) is 0 Å². The van der Waals surface area contributed by atoms with Gasteiger partial charge >= 0.3 is 12.1 Å². The highest BCUT2D eigenvalue weighted by Crippen LogP contribution is 2.35. The van der Waals surface area contributed by atoms with E-state index in [0.717, 1.165) is 6.42 Å². The first-order valence-electron chi connectivity index (χ1n) is 6.85. The van der Waals surface area contributed by atoms with E-state index in [1.165, 1.54) is 4.90 Å². The summed E-state index contributed by atoms with van der Waals surface area (Å²) in [5.41, 5.74) is -0.605. The van der Waals surface area contributed by atoms with Gasteiger partial charge in [-0.15, -0.1) is 0 Å². The molecule has 114 valence electrons. The second-order valence-corrected chi connectivity index (χ2v) is 7.16. The molecular formula is C15H25NO4. The van der Waals surface area contributed by atoms with E-state index in [1.807, 2.05) is 0 Å². The van der Waals surface area contributed by atoms with Crippen molar-refractivity contribution in [2.45, 2.75) is 59.1 Å². The van der Waals surface area contributed by atoms with Gasteiger partial charge in [-0.2, -0.15) is 0 Å². The number of aliphatic carboxylic acids is 1. The van der Waals surface area contributed by atoms with Crippen LogP contribution in [0.1, 0.15) is 47.5 Å². The van der Waals surface area contributed by atoms with E-state index in [0.29, 0.717) is 13.0 Å². The van der Waals surface area contributed by atoms with Gasteiger partial charge in [0.1, 0.15) is 5.60 Å². The lowest BCUT2D eigenvalue weighted by molar-refractivity contribution is -0.133. The fourth-order valence-electron chi connectivity index (χ4n) is 2.35. The molecule has 1 rings (SSSR count). The molecule has 5 nitrogen and oxygen atoms in total. The predicted octanol–water partition coefficient (Wildman–Crippen LogP) is 3.05. The maximum Gasteiger partial charge on any atom is 0.410 e. The number of carbonyl (C=O) groups is 2. The van der Waals surface area contributed by atoms with Gasteiger partial charge in [-0.3, -0.25) is 0 Å². The summed E-state index contributed by atoms with van der Waals surface area (Å²) in [6, 6.07) is -0.490. The SMILES string of the molecule is C=C(C(=O)O)C1CCC(C)(C)CN1C(=O)OC(C)(C)C. The minimum absolute atomic E-state index is 0.0476. The number of rotatable bonds is 2. The van der Waals surface area contributed by atoms with E-state index in [-0.39, 0.29) is 11.0 Å². The molecule has 0 aromatic heterocycles. The summed E-state index contributed by atoms with van der Waals surface area (Å²) in [7, 11) is 0. The van der Waals surface area contributed by atoms with Gasteiger partial charge in [0.2, 0.25) is 0 Å². The summed E-state index contributed by atoms with van der Waals surface area (Å²) in [6.07, 6.45) is 0.971. The molecule has 1 N–H and O–H groups in total. The van der Waals surface area contributed by atoms with Gasteiger partial charge in [-0.05, 0) is 39.0 Å². The van der Waals surface area contributed by atoms with Gasteiger partial charge in [-0.25, -0.2) is 9.59 Å². The molecule has 0 aliphatic carbocycles. The van der Waals surface area contributed by atoms with Crippen molar-refractivity contribution in [2.24, 2.45) is 5.41 Å². The van der Waals surface area contributed by atoms with Crippen LogP contribution >= 0.6 is 0 Å². The van der Waals surface area contributed by atoms with Gasteiger partial charge < -0.3 is 14.7 Å². The number of hydrogen-bond donors (Lipinski definition) is 1. The molecule has 1 amide bonds. The van der Waals surface area contributed by atoms with E-state index in [2.05, 4.69) is 20.4 Å². The van der Waals surface area contributed by atoms with Crippen LogP contribution in [0.15, 0.2) is 12.2 Å².